The number of hydrogen-bond acceptors (Lipinski definition) is 6. The van der Waals surface area contributed by atoms with Crippen LogP contribution < -0.4 is 19.1 Å². The topological polar surface area (TPSA) is 105 Å². The van der Waals surface area contributed by atoms with Crippen LogP contribution in [0.4, 0.5) is 5.69 Å². The highest BCUT2D eigenvalue weighted by molar-refractivity contribution is 7.92. The molecule has 0 fully saturated rings. The smallest absolute Gasteiger partial charge is 0.264 e. The van der Waals surface area contributed by atoms with Crippen molar-refractivity contribution in [2.75, 3.05) is 31.1 Å². The molecule has 0 radical (unpaired) electrons. The number of hydrogen-bond donors (Lipinski definition) is 1. The molecule has 0 aliphatic carbocycles. The highest BCUT2D eigenvalue weighted by atomic mass is 35.5. The van der Waals surface area contributed by atoms with E-state index in [0.29, 0.717) is 36.1 Å². The number of carbonyl (C=O) groups is 2. The second-order valence-electron chi connectivity index (χ2n) is 9.45. The molecule has 42 heavy (non-hydrogen) atoms. The standard InChI is InChI=1S/C31H38ClN3O6S/c1-5-20-33-31(37)27(6-2)34(21-23-12-16-25(40-4)17-13-23)30(36)22-35(28-10-8-9-11-29(28)41-7-3)42(38,39)26-18-14-24(32)15-19-26/h8-19,27H,5-7,20-22H2,1-4H3,(H,33,37). The van der Waals surface area contributed by atoms with Crippen LogP contribution in [0.5, 0.6) is 11.5 Å². The lowest BCUT2D eigenvalue weighted by Gasteiger charge is -2.33. The van der Waals surface area contributed by atoms with Crippen molar-refractivity contribution in [2.45, 2.75) is 51.1 Å². The maximum atomic E-state index is 14.2. The fraction of sp³-hybridized carbons (Fsp3) is 0.355. The van der Waals surface area contributed by atoms with Crippen molar-refractivity contribution >= 4 is 39.1 Å². The molecule has 11 heteroatoms. The van der Waals surface area contributed by atoms with Gasteiger partial charge in [-0.05, 0) is 73.9 Å². The molecule has 1 N–H and O–H groups in total. The highest BCUT2D eigenvalue weighted by Crippen LogP contribution is 2.33. The molecule has 0 spiro atoms. The summed E-state index contributed by atoms with van der Waals surface area (Å²) in [6.45, 7) is 5.81. The fourth-order valence-corrected chi connectivity index (χ4v) is 5.95. The SMILES string of the molecule is CCCNC(=O)C(CC)N(Cc1ccc(OC)cc1)C(=O)CN(c1ccccc1OCC)S(=O)(=O)c1ccc(Cl)cc1. The van der Waals surface area contributed by atoms with Crippen LogP contribution in [0.2, 0.25) is 5.02 Å². The van der Waals surface area contributed by atoms with E-state index >= 15 is 0 Å². The van der Waals surface area contributed by atoms with E-state index in [1.165, 1.54) is 29.2 Å². The lowest BCUT2D eigenvalue weighted by Crippen LogP contribution is -2.52. The zero-order valence-electron chi connectivity index (χ0n) is 24.4. The van der Waals surface area contributed by atoms with Gasteiger partial charge in [0.25, 0.3) is 10.0 Å². The van der Waals surface area contributed by atoms with Gasteiger partial charge >= 0.3 is 0 Å². The predicted octanol–water partition coefficient (Wildman–Crippen LogP) is 5.28. The Morgan fingerprint density at radius 1 is 0.952 bits per heavy atom. The van der Waals surface area contributed by atoms with Crippen molar-refractivity contribution in [3.05, 3.63) is 83.4 Å². The quantitative estimate of drug-likeness (QED) is 0.250. The summed E-state index contributed by atoms with van der Waals surface area (Å²) in [5, 5.41) is 3.25. The average molecular weight is 616 g/mol. The first kappa shape index (κ1) is 32.8. The van der Waals surface area contributed by atoms with Gasteiger partial charge in [0.2, 0.25) is 11.8 Å². The van der Waals surface area contributed by atoms with Crippen LogP contribution in [0.15, 0.2) is 77.7 Å². The number of rotatable bonds is 15. The molecule has 226 valence electrons. The monoisotopic (exact) mass is 615 g/mol. The number of nitrogens with zero attached hydrogens (tertiary/aromatic N) is 2. The zero-order chi connectivity index (χ0) is 30.7. The lowest BCUT2D eigenvalue weighted by atomic mass is 10.1. The van der Waals surface area contributed by atoms with E-state index in [1.54, 1.807) is 50.4 Å². The molecule has 9 nitrogen and oxygen atoms in total. The van der Waals surface area contributed by atoms with Gasteiger partial charge in [-0.1, -0.05) is 49.7 Å². The Bertz CT molecular complexity index is 1430. The number of benzene rings is 3. The third-order valence-electron chi connectivity index (χ3n) is 6.56. The Morgan fingerprint density at radius 2 is 1.62 bits per heavy atom. The molecule has 3 aromatic carbocycles. The van der Waals surface area contributed by atoms with E-state index in [1.807, 2.05) is 26.0 Å². The number of nitrogens with one attached hydrogen (secondary N) is 1. The van der Waals surface area contributed by atoms with Crippen molar-refractivity contribution in [1.82, 2.24) is 10.2 Å². The molecule has 0 heterocycles. The van der Waals surface area contributed by atoms with Gasteiger partial charge in [0, 0.05) is 18.1 Å². The van der Waals surface area contributed by atoms with E-state index < -0.39 is 28.5 Å². The van der Waals surface area contributed by atoms with E-state index in [9.17, 15) is 18.0 Å². The van der Waals surface area contributed by atoms with Gasteiger partial charge in [-0.2, -0.15) is 0 Å². The second-order valence-corrected chi connectivity index (χ2v) is 11.7. The summed E-state index contributed by atoms with van der Waals surface area (Å²) in [5.74, 6) is 0.105. The first-order valence-electron chi connectivity index (χ1n) is 13.9. The summed E-state index contributed by atoms with van der Waals surface area (Å²) in [6, 6.07) is 18.7. The number of amides is 2. The summed E-state index contributed by atoms with van der Waals surface area (Å²) < 4.78 is 40.2. The molecule has 1 atom stereocenters. The van der Waals surface area contributed by atoms with Gasteiger partial charge in [0.1, 0.15) is 24.1 Å². The van der Waals surface area contributed by atoms with E-state index in [2.05, 4.69) is 5.32 Å². The van der Waals surface area contributed by atoms with Gasteiger partial charge in [0.05, 0.1) is 24.3 Å². The first-order chi connectivity index (χ1) is 20.2. The fourth-order valence-electron chi connectivity index (χ4n) is 4.40. The lowest BCUT2D eigenvalue weighted by molar-refractivity contribution is -0.140. The normalized spacial score (nSPS) is 11.8. The minimum Gasteiger partial charge on any atom is -0.497 e. The van der Waals surface area contributed by atoms with Crippen LogP contribution in [0.3, 0.4) is 0 Å². The van der Waals surface area contributed by atoms with Crippen molar-refractivity contribution < 1.29 is 27.5 Å². The first-order valence-corrected chi connectivity index (χ1v) is 15.7. The Balaban J connectivity index is 2.09. The molecule has 0 bridgehead atoms. The average Bonchev–Trinajstić information content (AvgIpc) is 2.99. The third-order valence-corrected chi connectivity index (χ3v) is 8.59. The molecule has 0 aromatic heterocycles. The van der Waals surface area contributed by atoms with Crippen LogP contribution in [0.1, 0.15) is 39.2 Å². The minimum atomic E-state index is -4.26. The number of sulfonamides is 1. The molecule has 2 amide bonds. The third kappa shape index (κ3) is 8.17. The molecule has 3 rings (SSSR count). The summed E-state index contributed by atoms with van der Waals surface area (Å²) in [6.07, 6.45) is 1.06. The van der Waals surface area contributed by atoms with Gasteiger partial charge in [-0.3, -0.25) is 13.9 Å². The second kappa shape index (κ2) is 15.5. The molecule has 0 saturated carbocycles. The number of halogens is 1. The van der Waals surface area contributed by atoms with E-state index in [0.717, 1.165) is 16.3 Å². The Hall–Kier alpha value is -3.76. The molecule has 0 aliphatic heterocycles. The van der Waals surface area contributed by atoms with E-state index in [-0.39, 0.29) is 23.0 Å². The number of ether oxygens (including phenoxy) is 2. The van der Waals surface area contributed by atoms with E-state index in [4.69, 9.17) is 21.1 Å². The maximum absolute atomic E-state index is 14.2. The highest BCUT2D eigenvalue weighted by Gasteiger charge is 2.34. The Kier molecular flexibility index (Phi) is 12.1. The van der Waals surface area contributed by atoms with Crippen molar-refractivity contribution in [1.29, 1.82) is 0 Å². The number of carbonyl (C=O) groups excluding carboxylic acids is 2. The van der Waals surface area contributed by atoms with Gasteiger partial charge in [-0.25, -0.2) is 8.42 Å². The van der Waals surface area contributed by atoms with Crippen LogP contribution in [-0.4, -0.2) is 58.0 Å². The molecule has 3 aromatic rings. The Labute approximate surface area is 253 Å². The molecule has 0 aliphatic rings. The van der Waals surface area contributed by atoms with Crippen LogP contribution in [0.25, 0.3) is 0 Å². The summed E-state index contributed by atoms with van der Waals surface area (Å²) in [7, 11) is -2.70. The zero-order valence-corrected chi connectivity index (χ0v) is 26.0. The minimum absolute atomic E-state index is 0.0413. The summed E-state index contributed by atoms with van der Waals surface area (Å²) in [5.41, 5.74) is 0.961. The van der Waals surface area contributed by atoms with Crippen LogP contribution in [0, 0.1) is 0 Å². The number of anilines is 1. The molecule has 0 saturated heterocycles. The molecular weight excluding hydrogens is 578 g/mol. The molecular formula is C31H38ClN3O6S. The summed E-state index contributed by atoms with van der Waals surface area (Å²) >= 11 is 6.03. The van der Waals surface area contributed by atoms with Gasteiger partial charge < -0.3 is 19.7 Å². The van der Waals surface area contributed by atoms with Crippen LogP contribution in [-0.2, 0) is 26.2 Å². The summed E-state index contributed by atoms with van der Waals surface area (Å²) in [4.78, 5) is 28.8. The maximum Gasteiger partial charge on any atom is 0.264 e. The van der Waals surface area contributed by atoms with Crippen LogP contribution >= 0.6 is 11.6 Å². The van der Waals surface area contributed by atoms with Crippen molar-refractivity contribution in [2.24, 2.45) is 0 Å². The van der Waals surface area contributed by atoms with Gasteiger partial charge in [-0.15, -0.1) is 0 Å². The largest absolute Gasteiger partial charge is 0.497 e. The number of methoxy groups -OCH3 is 1. The predicted molar refractivity (Wildman–Crippen MR) is 165 cm³/mol. The number of para-hydroxylation sites is 2. The molecule has 1 unspecified atom stereocenters. The Morgan fingerprint density at radius 3 is 2.21 bits per heavy atom. The van der Waals surface area contributed by atoms with Crippen molar-refractivity contribution in [3.63, 3.8) is 0 Å². The van der Waals surface area contributed by atoms with Crippen molar-refractivity contribution in [3.8, 4) is 11.5 Å². The van der Waals surface area contributed by atoms with Gasteiger partial charge in [0.15, 0.2) is 0 Å².